The third kappa shape index (κ3) is 2.31. The summed E-state index contributed by atoms with van der Waals surface area (Å²) in [7, 11) is 1.79. The molecule has 1 fully saturated rings. The van der Waals surface area contributed by atoms with Gasteiger partial charge in [0, 0.05) is 19.7 Å². The van der Waals surface area contributed by atoms with Gasteiger partial charge in [-0.05, 0) is 19.3 Å². The van der Waals surface area contributed by atoms with Gasteiger partial charge in [0.05, 0.1) is 6.10 Å². The van der Waals surface area contributed by atoms with E-state index in [4.69, 9.17) is 4.74 Å². The van der Waals surface area contributed by atoms with Gasteiger partial charge in [-0.1, -0.05) is 6.08 Å². The van der Waals surface area contributed by atoms with Crippen molar-refractivity contribution in [3.8, 4) is 0 Å². The normalized spacial score (nSPS) is 30.6. The van der Waals surface area contributed by atoms with Crippen LogP contribution in [-0.2, 0) is 4.74 Å². The zero-order valence-electron chi connectivity index (χ0n) is 7.18. The van der Waals surface area contributed by atoms with Crippen LogP contribution in [0, 0.1) is 0 Å². The Kier molecular flexibility index (Phi) is 3.60. The van der Waals surface area contributed by atoms with Crippen LogP contribution in [0.5, 0.6) is 0 Å². The second-order valence-corrected chi connectivity index (χ2v) is 3.01. The first-order valence-corrected chi connectivity index (χ1v) is 4.25. The number of nitrogens with one attached hydrogen (secondary N) is 1. The van der Waals surface area contributed by atoms with E-state index >= 15 is 0 Å². The van der Waals surface area contributed by atoms with Crippen molar-refractivity contribution < 1.29 is 4.74 Å². The van der Waals surface area contributed by atoms with Gasteiger partial charge in [0.15, 0.2) is 0 Å². The molecule has 2 unspecified atom stereocenters. The van der Waals surface area contributed by atoms with Crippen molar-refractivity contribution in [2.24, 2.45) is 0 Å². The molecule has 2 heteroatoms. The van der Waals surface area contributed by atoms with Gasteiger partial charge in [-0.3, -0.25) is 0 Å². The Morgan fingerprint density at radius 3 is 3.09 bits per heavy atom. The maximum atomic E-state index is 5.32. The highest BCUT2D eigenvalue weighted by atomic mass is 16.5. The second-order valence-electron chi connectivity index (χ2n) is 3.01. The summed E-state index contributed by atoms with van der Waals surface area (Å²) in [6, 6.07) is 0.554. The average molecular weight is 155 g/mol. The lowest BCUT2D eigenvalue weighted by molar-refractivity contribution is 0.0864. The van der Waals surface area contributed by atoms with Crippen LogP contribution in [0.3, 0.4) is 0 Å². The molecule has 11 heavy (non-hydrogen) atoms. The van der Waals surface area contributed by atoms with Crippen molar-refractivity contribution in [3.05, 3.63) is 12.7 Å². The molecule has 0 heterocycles. The summed E-state index contributed by atoms with van der Waals surface area (Å²) in [6.45, 7) is 4.56. The maximum Gasteiger partial charge on any atom is 0.0724 e. The van der Waals surface area contributed by atoms with Crippen LogP contribution in [0.4, 0.5) is 0 Å². The fourth-order valence-electron chi connectivity index (χ4n) is 1.68. The van der Waals surface area contributed by atoms with Gasteiger partial charge in [0.1, 0.15) is 0 Å². The molecule has 2 nitrogen and oxygen atoms in total. The SMILES string of the molecule is C=CCNC1CCCC1OC. The first kappa shape index (κ1) is 8.75. The smallest absolute Gasteiger partial charge is 0.0724 e. The fraction of sp³-hybridized carbons (Fsp3) is 0.778. The third-order valence-corrected chi connectivity index (χ3v) is 2.28. The average Bonchev–Trinajstić information content (AvgIpc) is 2.47. The van der Waals surface area contributed by atoms with Gasteiger partial charge < -0.3 is 10.1 Å². The van der Waals surface area contributed by atoms with Crippen molar-refractivity contribution in [1.29, 1.82) is 0 Å². The van der Waals surface area contributed by atoms with Gasteiger partial charge in [-0.15, -0.1) is 6.58 Å². The summed E-state index contributed by atoms with van der Waals surface area (Å²) >= 11 is 0. The highest BCUT2D eigenvalue weighted by Crippen LogP contribution is 2.20. The number of hydrogen-bond acceptors (Lipinski definition) is 2. The summed E-state index contributed by atoms with van der Waals surface area (Å²) < 4.78 is 5.32. The zero-order valence-corrected chi connectivity index (χ0v) is 7.18. The predicted octanol–water partition coefficient (Wildman–Crippen LogP) is 1.33. The molecule has 1 aliphatic carbocycles. The minimum Gasteiger partial charge on any atom is -0.380 e. The largest absolute Gasteiger partial charge is 0.380 e. The molecule has 1 aliphatic rings. The topological polar surface area (TPSA) is 21.3 Å². The maximum absolute atomic E-state index is 5.32. The quantitative estimate of drug-likeness (QED) is 0.618. The van der Waals surface area contributed by atoms with E-state index in [1.54, 1.807) is 7.11 Å². The number of methoxy groups -OCH3 is 1. The lowest BCUT2D eigenvalue weighted by Gasteiger charge is -2.18. The van der Waals surface area contributed by atoms with Crippen molar-refractivity contribution in [1.82, 2.24) is 5.32 Å². The van der Waals surface area contributed by atoms with Crippen LogP contribution in [-0.4, -0.2) is 25.8 Å². The van der Waals surface area contributed by atoms with Crippen LogP contribution < -0.4 is 5.32 Å². The van der Waals surface area contributed by atoms with Crippen LogP contribution in [0.25, 0.3) is 0 Å². The third-order valence-electron chi connectivity index (χ3n) is 2.28. The van der Waals surface area contributed by atoms with Crippen molar-refractivity contribution >= 4 is 0 Å². The standard InChI is InChI=1S/C9H17NO/c1-3-7-10-8-5-4-6-9(8)11-2/h3,8-10H,1,4-7H2,2H3. The molecule has 0 spiro atoms. The first-order valence-electron chi connectivity index (χ1n) is 4.25. The van der Waals surface area contributed by atoms with Gasteiger partial charge in [0.2, 0.25) is 0 Å². The van der Waals surface area contributed by atoms with E-state index in [0.717, 1.165) is 6.54 Å². The lowest BCUT2D eigenvalue weighted by Crippen LogP contribution is -2.36. The minimum absolute atomic E-state index is 0.426. The van der Waals surface area contributed by atoms with Crippen molar-refractivity contribution in [3.63, 3.8) is 0 Å². The Morgan fingerprint density at radius 1 is 1.64 bits per heavy atom. The first-order chi connectivity index (χ1) is 5.38. The Balaban J connectivity index is 2.25. The monoisotopic (exact) mass is 155 g/mol. The van der Waals surface area contributed by atoms with E-state index < -0.39 is 0 Å². The van der Waals surface area contributed by atoms with E-state index in [0.29, 0.717) is 12.1 Å². The van der Waals surface area contributed by atoms with E-state index in [1.165, 1.54) is 19.3 Å². The molecule has 0 aliphatic heterocycles. The predicted molar refractivity (Wildman–Crippen MR) is 46.6 cm³/mol. The van der Waals surface area contributed by atoms with Gasteiger partial charge >= 0.3 is 0 Å². The molecule has 1 N–H and O–H groups in total. The summed E-state index contributed by atoms with van der Waals surface area (Å²) in [5.74, 6) is 0. The molecular formula is C9H17NO. The van der Waals surface area contributed by atoms with Crippen molar-refractivity contribution in [2.75, 3.05) is 13.7 Å². The fourth-order valence-corrected chi connectivity index (χ4v) is 1.68. The molecule has 0 bridgehead atoms. The molecule has 0 aromatic carbocycles. The number of ether oxygens (including phenoxy) is 1. The number of hydrogen-bond donors (Lipinski definition) is 1. The summed E-state index contributed by atoms with van der Waals surface area (Å²) in [5.41, 5.74) is 0. The Bertz CT molecular complexity index is 125. The van der Waals surface area contributed by atoms with E-state index in [9.17, 15) is 0 Å². The second kappa shape index (κ2) is 4.52. The molecule has 0 saturated heterocycles. The molecule has 0 aromatic rings. The van der Waals surface area contributed by atoms with Crippen molar-refractivity contribution in [2.45, 2.75) is 31.4 Å². The Morgan fingerprint density at radius 2 is 2.45 bits per heavy atom. The molecule has 2 atom stereocenters. The van der Waals surface area contributed by atoms with Gasteiger partial charge in [-0.2, -0.15) is 0 Å². The molecule has 64 valence electrons. The summed E-state index contributed by atoms with van der Waals surface area (Å²) in [6.07, 6.45) is 6.05. The highest BCUT2D eigenvalue weighted by molar-refractivity contribution is 4.86. The van der Waals surface area contributed by atoms with Gasteiger partial charge in [-0.25, -0.2) is 0 Å². The van der Waals surface area contributed by atoms with Crippen LogP contribution in [0.1, 0.15) is 19.3 Å². The van der Waals surface area contributed by atoms with E-state index in [-0.39, 0.29) is 0 Å². The van der Waals surface area contributed by atoms with Crippen LogP contribution >= 0.6 is 0 Å². The molecule has 0 radical (unpaired) electrons. The van der Waals surface area contributed by atoms with Gasteiger partial charge in [0.25, 0.3) is 0 Å². The lowest BCUT2D eigenvalue weighted by atomic mass is 10.2. The van der Waals surface area contributed by atoms with Crippen LogP contribution in [0.15, 0.2) is 12.7 Å². The minimum atomic E-state index is 0.426. The summed E-state index contributed by atoms with van der Waals surface area (Å²) in [5, 5.41) is 3.39. The highest BCUT2D eigenvalue weighted by Gasteiger charge is 2.25. The molecule has 1 rings (SSSR count). The Labute approximate surface area is 68.6 Å². The molecular weight excluding hydrogens is 138 g/mol. The van der Waals surface area contributed by atoms with Crippen LogP contribution in [0.2, 0.25) is 0 Å². The zero-order chi connectivity index (χ0) is 8.10. The molecule has 1 saturated carbocycles. The van der Waals surface area contributed by atoms with E-state index in [1.807, 2.05) is 6.08 Å². The van der Waals surface area contributed by atoms with E-state index in [2.05, 4.69) is 11.9 Å². The molecule has 0 amide bonds. The Hall–Kier alpha value is -0.340. The number of rotatable bonds is 4. The summed E-state index contributed by atoms with van der Waals surface area (Å²) in [4.78, 5) is 0. The molecule has 0 aromatic heterocycles.